The van der Waals surface area contributed by atoms with Crippen LogP contribution in [0, 0.1) is 0 Å². The Labute approximate surface area is 154 Å². The highest BCUT2D eigenvalue weighted by molar-refractivity contribution is 5.86. The minimum atomic E-state index is -0.707. The van der Waals surface area contributed by atoms with Crippen molar-refractivity contribution in [3.63, 3.8) is 0 Å². The zero-order valence-corrected chi connectivity index (χ0v) is 14.9. The molecule has 3 amide bonds. The van der Waals surface area contributed by atoms with Crippen LogP contribution in [-0.2, 0) is 20.9 Å². The number of rotatable bonds is 12. The lowest BCUT2D eigenvalue weighted by atomic mass is 10.1. The number of hydrogen-bond acceptors (Lipinski definition) is 4. The lowest BCUT2D eigenvalue weighted by Crippen LogP contribution is -2.44. The third-order valence-corrected chi connectivity index (χ3v) is 3.64. The van der Waals surface area contributed by atoms with Crippen LogP contribution in [0.5, 0.6) is 0 Å². The van der Waals surface area contributed by atoms with E-state index in [-0.39, 0.29) is 12.5 Å². The van der Waals surface area contributed by atoms with E-state index in [0.717, 1.165) is 18.4 Å². The van der Waals surface area contributed by atoms with Gasteiger partial charge in [0.1, 0.15) is 12.6 Å². The van der Waals surface area contributed by atoms with Gasteiger partial charge in [0, 0.05) is 13.0 Å². The van der Waals surface area contributed by atoms with E-state index in [1.165, 1.54) is 6.08 Å². The van der Waals surface area contributed by atoms with Crippen molar-refractivity contribution < 1.29 is 19.1 Å². The SMILES string of the molecule is C=CC[C@@H](NC(=O)CCCCCNC(=O)OCc1ccccc1)C(N)=O. The predicted molar refractivity (Wildman–Crippen MR) is 99.0 cm³/mol. The summed E-state index contributed by atoms with van der Waals surface area (Å²) in [6, 6.07) is 8.73. The van der Waals surface area contributed by atoms with Gasteiger partial charge in [-0.1, -0.05) is 42.8 Å². The van der Waals surface area contributed by atoms with Crippen molar-refractivity contribution in [3.8, 4) is 0 Å². The number of hydrogen-bond donors (Lipinski definition) is 3. The predicted octanol–water partition coefficient (Wildman–Crippen LogP) is 2.02. The number of amides is 3. The molecule has 0 aromatic heterocycles. The van der Waals surface area contributed by atoms with E-state index in [1.807, 2.05) is 30.3 Å². The van der Waals surface area contributed by atoms with Crippen LogP contribution < -0.4 is 16.4 Å². The van der Waals surface area contributed by atoms with E-state index in [4.69, 9.17) is 10.5 Å². The van der Waals surface area contributed by atoms with E-state index >= 15 is 0 Å². The van der Waals surface area contributed by atoms with Gasteiger partial charge in [-0.15, -0.1) is 6.58 Å². The monoisotopic (exact) mass is 361 g/mol. The molecule has 0 bridgehead atoms. The van der Waals surface area contributed by atoms with Crippen molar-refractivity contribution in [2.45, 2.75) is 44.8 Å². The van der Waals surface area contributed by atoms with Crippen LogP contribution in [0.4, 0.5) is 4.79 Å². The first-order valence-electron chi connectivity index (χ1n) is 8.67. The van der Waals surface area contributed by atoms with E-state index in [9.17, 15) is 14.4 Å². The molecule has 0 spiro atoms. The maximum atomic E-state index is 11.8. The Kier molecular flexibility index (Phi) is 10.2. The molecule has 0 aliphatic carbocycles. The Morgan fingerprint density at radius 2 is 1.88 bits per heavy atom. The molecule has 26 heavy (non-hydrogen) atoms. The minimum absolute atomic E-state index is 0.217. The van der Waals surface area contributed by atoms with E-state index < -0.39 is 18.0 Å². The quantitative estimate of drug-likeness (QED) is 0.391. The van der Waals surface area contributed by atoms with Gasteiger partial charge in [-0.25, -0.2) is 4.79 Å². The number of carbonyl (C=O) groups excluding carboxylic acids is 3. The number of ether oxygens (including phenoxy) is 1. The van der Waals surface area contributed by atoms with E-state index in [1.54, 1.807) is 0 Å². The first-order chi connectivity index (χ1) is 12.5. The third-order valence-electron chi connectivity index (χ3n) is 3.64. The molecule has 7 nitrogen and oxygen atoms in total. The van der Waals surface area contributed by atoms with Crippen molar-refractivity contribution in [2.24, 2.45) is 5.73 Å². The van der Waals surface area contributed by atoms with Crippen LogP contribution in [0.1, 0.15) is 37.7 Å². The Bertz CT molecular complexity index is 590. The summed E-state index contributed by atoms with van der Waals surface area (Å²) < 4.78 is 5.10. The van der Waals surface area contributed by atoms with Gasteiger partial charge in [0.25, 0.3) is 0 Å². The molecule has 1 aromatic rings. The summed E-state index contributed by atoms with van der Waals surface area (Å²) in [5, 5.41) is 5.26. The fraction of sp³-hybridized carbons (Fsp3) is 0.421. The Morgan fingerprint density at radius 1 is 1.15 bits per heavy atom. The average molecular weight is 361 g/mol. The maximum Gasteiger partial charge on any atom is 0.407 e. The van der Waals surface area contributed by atoms with Gasteiger partial charge >= 0.3 is 6.09 Å². The van der Waals surface area contributed by atoms with Gasteiger partial charge in [-0.2, -0.15) is 0 Å². The molecule has 4 N–H and O–H groups in total. The molecule has 0 radical (unpaired) electrons. The molecule has 0 unspecified atom stereocenters. The molecule has 0 heterocycles. The highest BCUT2D eigenvalue weighted by Crippen LogP contribution is 2.02. The van der Waals surface area contributed by atoms with Crippen molar-refractivity contribution in [2.75, 3.05) is 6.54 Å². The summed E-state index contributed by atoms with van der Waals surface area (Å²) >= 11 is 0. The molecule has 0 saturated carbocycles. The summed E-state index contributed by atoms with van der Waals surface area (Å²) in [6.07, 6.45) is 3.87. The van der Waals surface area contributed by atoms with Crippen LogP contribution in [0.15, 0.2) is 43.0 Å². The smallest absolute Gasteiger partial charge is 0.407 e. The van der Waals surface area contributed by atoms with Gasteiger partial charge in [0.15, 0.2) is 0 Å². The average Bonchev–Trinajstić information content (AvgIpc) is 2.63. The summed E-state index contributed by atoms with van der Waals surface area (Å²) in [7, 11) is 0. The summed E-state index contributed by atoms with van der Waals surface area (Å²) in [4.78, 5) is 34.5. The maximum absolute atomic E-state index is 11.8. The highest BCUT2D eigenvalue weighted by atomic mass is 16.5. The molecule has 1 aromatic carbocycles. The fourth-order valence-corrected chi connectivity index (χ4v) is 2.23. The molecule has 0 fully saturated rings. The summed E-state index contributed by atoms with van der Waals surface area (Å²) in [5.41, 5.74) is 6.13. The number of nitrogens with two attached hydrogens (primary N) is 1. The first-order valence-corrected chi connectivity index (χ1v) is 8.67. The second-order valence-corrected chi connectivity index (χ2v) is 5.85. The third kappa shape index (κ3) is 9.46. The number of primary amides is 1. The standard InChI is InChI=1S/C19H27N3O4/c1-2-9-16(18(20)24)22-17(23)12-7-4-8-13-21-19(25)26-14-15-10-5-3-6-11-15/h2-3,5-6,10-11,16H,1,4,7-9,12-14H2,(H2,20,24)(H,21,25)(H,22,23)/t16-/m1/s1. The van der Waals surface area contributed by atoms with Crippen molar-refractivity contribution >= 4 is 17.9 Å². The topological polar surface area (TPSA) is 111 Å². The molecule has 0 aliphatic rings. The van der Waals surface area contributed by atoms with Crippen molar-refractivity contribution in [1.29, 1.82) is 0 Å². The molecule has 1 atom stereocenters. The largest absolute Gasteiger partial charge is 0.445 e. The van der Waals surface area contributed by atoms with Crippen LogP contribution in [0.2, 0.25) is 0 Å². The highest BCUT2D eigenvalue weighted by Gasteiger charge is 2.15. The fourth-order valence-electron chi connectivity index (χ4n) is 2.23. The normalized spacial score (nSPS) is 11.2. The first kappa shape index (κ1) is 21.2. The summed E-state index contributed by atoms with van der Waals surface area (Å²) in [6.45, 7) is 4.24. The van der Waals surface area contributed by atoms with Crippen LogP contribution in [-0.4, -0.2) is 30.5 Å². The molecule has 0 saturated heterocycles. The van der Waals surface area contributed by atoms with Gasteiger partial charge in [0.2, 0.25) is 11.8 Å². The minimum Gasteiger partial charge on any atom is -0.445 e. The zero-order valence-electron chi connectivity index (χ0n) is 14.9. The Balaban J connectivity index is 2.06. The van der Waals surface area contributed by atoms with Crippen LogP contribution in [0.25, 0.3) is 0 Å². The molecule has 0 aliphatic heterocycles. The Morgan fingerprint density at radius 3 is 2.54 bits per heavy atom. The van der Waals surface area contributed by atoms with Crippen LogP contribution in [0.3, 0.4) is 0 Å². The molecular weight excluding hydrogens is 334 g/mol. The van der Waals surface area contributed by atoms with Gasteiger partial charge in [0.05, 0.1) is 0 Å². The van der Waals surface area contributed by atoms with Crippen molar-refractivity contribution in [1.82, 2.24) is 10.6 Å². The lowest BCUT2D eigenvalue weighted by Gasteiger charge is -2.13. The van der Waals surface area contributed by atoms with Crippen molar-refractivity contribution in [3.05, 3.63) is 48.6 Å². The van der Waals surface area contributed by atoms with E-state index in [2.05, 4.69) is 17.2 Å². The number of alkyl carbamates (subject to hydrolysis) is 1. The number of benzene rings is 1. The van der Waals surface area contributed by atoms with E-state index in [0.29, 0.717) is 25.8 Å². The second kappa shape index (κ2) is 12.5. The zero-order chi connectivity index (χ0) is 19.2. The summed E-state index contributed by atoms with van der Waals surface area (Å²) in [5.74, 6) is -0.789. The number of nitrogens with one attached hydrogen (secondary N) is 2. The molecular formula is C19H27N3O4. The molecule has 1 rings (SSSR count). The van der Waals surface area contributed by atoms with Crippen LogP contribution >= 0.6 is 0 Å². The molecule has 142 valence electrons. The Hall–Kier alpha value is -2.83. The van der Waals surface area contributed by atoms with Gasteiger partial charge in [-0.3, -0.25) is 9.59 Å². The number of carbonyl (C=O) groups is 3. The van der Waals surface area contributed by atoms with Gasteiger partial charge < -0.3 is 21.1 Å². The number of unbranched alkanes of at least 4 members (excludes halogenated alkanes) is 2. The van der Waals surface area contributed by atoms with Gasteiger partial charge in [-0.05, 0) is 24.8 Å². The molecule has 7 heteroatoms. The lowest BCUT2D eigenvalue weighted by molar-refractivity contribution is -0.127. The second-order valence-electron chi connectivity index (χ2n) is 5.85.